The van der Waals surface area contributed by atoms with Crippen molar-refractivity contribution in [3.8, 4) is 0 Å². The van der Waals surface area contributed by atoms with Crippen LogP contribution < -0.4 is 5.73 Å². The lowest BCUT2D eigenvalue weighted by atomic mass is 10.0. The monoisotopic (exact) mass is 223 g/mol. The molecule has 16 heavy (non-hydrogen) atoms. The summed E-state index contributed by atoms with van der Waals surface area (Å²) in [6.45, 7) is 9.57. The van der Waals surface area contributed by atoms with Crippen LogP contribution in [-0.4, -0.2) is 16.3 Å². The van der Waals surface area contributed by atoms with Crippen molar-refractivity contribution in [2.24, 2.45) is 5.73 Å². The highest BCUT2D eigenvalue weighted by atomic mass is 15.3. The van der Waals surface area contributed by atoms with E-state index in [0.717, 1.165) is 32.2 Å². The summed E-state index contributed by atoms with van der Waals surface area (Å²) in [7, 11) is 0. The Morgan fingerprint density at radius 2 is 2.00 bits per heavy atom. The lowest BCUT2D eigenvalue weighted by Crippen LogP contribution is -2.25. The minimum absolute atomic E-state index is 0.0749. The molecule has 0 atom stereocenters. The van der Waals surface area contributed by atoms with Crippen molar-refractivity contribution in [2.45, 2.75) is 58.9 Å². The highest BCUT2D eigenvalue weighted by molar-refractivity contribution is 5.19. The lowest BCUT2D eigenvalue weighted by Gasteiger charge is -2.23. The zero-order valence-electron chi connectivity index (χ0n) is 11.1. The van der Waals surface area contributed by atoms with Gasteiger partial charge in [0.15, 0.2) is 0 Å². The number of rotatable bonds is 5. The van der Waals surface area contributed by atoms with Gasteiger partial charge in [0.1, 0.15) is 0 Å². The molecule has 0 spiro atoms. The summed E-state index contributed by atoms with van der Waals surface area (Å²) in [6.07, 6.45) is 6.40. The second kappa shape index (κ2) is 5.48. The van der Waals surface area contributed by atoms with Crippen LogP contribution in [0.25, 0.3) is 0 Å². The zero-order valence-corrected chi connectivity index (χ0v) is 11.1. The van der Waals surface area contributed by atoms with Gasteiger partial charge in [-0.1, -0.05) is 13.3 Å². The Hall–Kier alpha value is -0.830. The number of aryl methyl sites for hydroxylation is 1. The van der Waals surface area contributed by atoms with E-state index in [1.807, 2.05) is 6.20 Å². The van der Waals surface area contributed by atoms with Gasteiger partial charge in [0.05, 0.1) is 11.7 Å². The van der Waals surface area contributed by atoms with Crippen molar-refractivity contribution in [2.75, 3.05) is 6.54 Å². The summed E-state index contributed by atoms with van der Waals surface area (Å²) >= 11 is 0. The van der Waals surface area contributed by atoms with E-state index in [9.17, 15) is 0 Å². The molecule has 0 unspecified atom stereocenters. The molecular weight excluding hydrogens is 198 g/mol. The molecule has 0 bridgehead atoms. The summed E-state index contributed by atoms with van der Waals surface area (Å²) < 4.78 is 2.17. The van der Waals surface area contributed by atoms with E-state index >= 15 is 0 Å². The Morgan fingerprint density at radius 3 is 2.50 bits per heavy atom. The van der Waals surface area contributed by atoms with Gasteiger partial charge in [-0.15, -0.1) is 0 Å². The number of hydrogen-bond donors (Lipinski definition) is 1. The first-order chi connectivity index (χ1) is 7.50. The van der Waals surface area contributed by atoms with E-state index in [1.54, 1.807) is 0 Å². The largest absolute Gasteiger partial charge is 0.330 e. The van der Waals surface area contributed by atoms with Crippen LogP contribution in [0.4, 0.5) is 0 Å². The van der Waals surface area contributed by atoms with Gasteiger partial charge in [0.2, 0.25) is 0 Å². The summed E-state index contributed by atoms with van der Waals surface area (Å²) in [5, 5.41) is 4.53. The van der Waals surface area contributed by atoms with Crippen LogP contribution in [0.2, 0.25) is 0 Å². The summed E-state index contributed by atoms with van der Waals surface area (Å²) in [5.74, 6) is 0. The average Bonchev–Trinajstić information content (AvgIpc) is 2.58. The maximum Gasteiger partial charge on any atom is 0.0546 e. The fraction of sp³-hybridized carbons (Fsp3) is 0.769. The molecule has 92 valence electrons. The van der Waals surface area contributed by atoms with E-state index in [-0.39, 0.29) is 5.54 Å². The minimum atomic E-state index is 0.0749. The van der Waals surface area contributed by atoms with Crippen molar-refractivity contribution in [1.82, 2.24) is 9.78 Å². The molecule has 0 aliphatic heterocycles. The van der Waals surface area contributed by atoms with Gasteiger partial charge in [-0.2, -0.15) is 5.10 Å². The Bertz CT molecular complexity index is 320. The zero-order chi connectivity index (χ0) is 12.2. The fourth-order valence-corrected chi connectivity index (χ4v) is 1.99. The molecule has 3 nitrogen and oxygen atoms in total. The van der Waals surface area contributed by atoms with Crippen LogP contribution in [0.1, 0.15) is 51.8 Å². The van der Waals surface area contributed by atoms with Crippen molar-refractivity contribution in [1.29, 1.82) is 0 Å². The van der Waals surface area contributed by atoms with Crippen LogP contribution in [0.3, 0.4) is 0 Å². The second-order valence-electron chi connectivity index (χ2n) is 5.34. The van der Waals surface area contributed by atoms with Gasteiger partial charge in [-0.05, 0) is 52.1 Å². The van der Waals surface area contributed by atoms with Gasteiger partial charge in [-0.3, -0.25) is 4.68 Å². The first-order valence-corrected chi connectivity index (χ1v) is 6.27. The predicted octanol–water partition coefficient (Wildman–Crippen LogP) is 2.48. The lowest BCUT2D eigenvalue weighted by molar-refractivity contribution is 0.342. The average molecular weight is 223 g/mol. The van der Waals surface area contributed by atoms with Crippen LogP contribution in [0.5, 0.6) is 0 Å². The smallest absolute Gasteiger partial charge is 0.0546 e. The molecule has 2 N–H and O–H groups in total. The molecule has 0 aliphatic rings. The van der Waals surface area contributed by atoms with Gasteiger partial charge in [0, 0.05) is 5.69 Å². The fourth-order valence-electron chi connectivity index (χ4n) is 1.99. The Morgan fingerprint density at radius 1 is 1.31 bits per heavy atom. The third-order valence-corrected chi connectivity index (χ3v) is 2.73. The van der Waals surface area contributed by atoms with Crippen molar-refractivity contribution in [3.05, 3.63) is 17.5 Å². The number of aromatic nitrogens is 2. The third kappa shape index (κ3) is 3.08. The molecule has 3 heteroatoms. The molecule has 1 aromatic rings. The maximum atomic E-state index is 5.57. The SMILES string of the molecule is CCCc1c(CCCN)cnn1C(C)(C)C. The van der Waals surface area contributed by atoms with Gasteiger partial charge < -0.3 is 5.73 Å². The number of hydrogen-bond acceptors (Lipinski definition) is 2. The molecular formula is C13H25N3. The number of nitrogens with zero attached hydrogens (tertiary/aromatic N) is 2. The highest BCUT2D eigenvalue weighted by Crippen LogP contribution is 2.21. The van der Waals surface area contributed by atoms with Crippen LogP contribution in [0, 0.1) is 0 Å². The molecule has 0 aromatic carbocycles. The normalized spacial score (nSPS) is 12.1. The summed E-state index contributed by atoms with van der Waals surface area (Å²) in [4.78, 5) is 0. The van der Waals surface area contributed by atoms with E-state index < -0.39 is 0 Å². The van der Waals surface area contributed by atoms with Gasteiger partial charge in [0.25, 0.3) is 0 Å². The topological polar surface area (TPSA) is 43.8 Å². The first kappa shape index (κ1) is 13.2. The molecule has 0 saturated carbocycles. The second-order valence-corrected chi connectivity index (χ2v) is 5.34. The molecule has 1 rings (SSSR count). The minimum Gasteiger partial charge on any atom is -0.330 e. The quantitative estimate of drug-likeness (QED) is 0.833. The Kier molecular flexibility index (Phi) is 4.54. The molecule has 0 aliphatic carbocycles. The molecule has 0 radical (unpaired) electrons. The molecule has 0 fully saturated rings. The van der Waals surface area contributed by atoms with Gasteiger partial charge >= 0.3 is 0 Å². The van der Waals surface area contributed by atoms with Crippen molar-refractivity contribution in [3.63, 3.8) is 0 Å². The predicted molar refractivity (Wildman–Crippen MR) is 68.6 cm³/mol. The van der Waals surface area contributed by atoms with E-state index in [4.69, 9.17) is 5.73 Å². The highest BCUT2D eigenvalue weighted by Gasteiger charge is 2.19. The molecule has 0 saturated heterocycles. The Balaban J connectivity index is 2.97. The molecule has 1 heterocycles. The molecule has 0 amide bonds. The van der Waals surface area contributed by atoms with Gasteiger partial charge in [-0.25, -0.2) is 0 Å². The third-order valence-electron chi connectivity index (χ3n) is 2.73. The van der Waals surface area contributed by atoms with E-state index in [0.29, 0.717) is 0 Å². The Labute approximate surface area is 99.0 Å². The standard InChI is InChI=1S/C13H25N3/c1-5-7-12-11(8-6-9-14)10-15-16(12)13(2,3)4/h10H,5-9,14H2,1-4H3. The van der Waals surface area contributed by atoms with Crippen LogP contribution in [-0.2, 0) is 18.4 Å². The summed E-state index contributed by atoms with van der Waals surface area (Å²) in [6, 6.07) is 0. The van der Waals surface area contributed by atoms with Crippen molar-refractivity contribution >= 4 is 0 Å². The van der Waals surface area contributed by atoms with Crippen LogP contribution >= 0.6 is 0 Å². The summed E-state index contributed by atoms with van der Waals surface area (Å²) in [5.41, 5.74) is 8.41. The van der Waals surface area contributed by atoms with E-state index in [2.05, 4.69) is 37.5 Å². The first-order valence-electron chi connectivity index (χ1n) is 6.27. The molecule has 1 aromatic heterocycles. The van der Waals surface area contributed by atoms with Crippen LogP contribution in [0.15, 0.2) is 6.20 Å². The maximum absolute atomic E-state index is 5.57. The van der Waals surface area contributed by atoms with E-state index in [1.165, 1.54) is 11.3 Å². The number of nitrogens with two attached hydrogens (primary N) is 1. The van der Waals surface area contributed by atoms with Crippen molar-refractivity contribution < 1.29 is 0 Å².